The van der Waals surface area contributed by atoms with Crippen molar-refractivity contribution in [3.63, 3.8) is 0 Å². The molecule has 0 aliphatic heterocycles. The third-order valence-electron chi connectivity index (χ3n) is 8.74. The van der Waals surface area contributed by atoms with Gasteiger partial charge in [0, 0.05) is 59.5 Å². The molecule has 5 rings (SSSR count). The fraction of sp³-hybridized carbons (Fsp3) is 0.324. The van der Waals surface area contributed by atoms with Crippen molar-refractivity contribution in [2.75, 3.05) is 18.8 Å². The monoisotopic (exact) mass is 960 g/mol. The number of alkyl halides is 9. The second-order valence-electron chi connectivity index (χ2n) is 13.3. The van der Waals surface area contributed by atoms with Crippen LogP contribution in [-0.2, 0) is 47.7 Å². The lowest BCUT2D eigenvalue weighted by Gasteiger charge is -2.14. The summed E-state index contributed by atoms with van der Waals surface area (Å²) >= 11 is 1.18. The molecule has 0 aliphatic rings. The number of aromatic nitrogens is 4. The van der Waals surface area contributed by atoms with Gasteiger partial charge in [-0.25, -0.2) is 22.0 Å². The number of rotatable bonds is 8. The fourth-order valence-electron chi connectivity index (χ4n) is 4.66. The highest BCUT2D eigenvalue weighted by molar-refractivity contribution is 7.93. The van der Waals surface area contributed by atoms with Gasteiger partial charge in [0.05, 0.1) is 40.9 Å². The van der Waals surface area contributed by atoms with Gasteiger partial charge >= 0.3 is 18.5 Å². The van der Waals surface area contributed by atoms with E-state index >= 15 is 0 Å². The van der Waals surface area contributed by atoms with Gasteiger partial charge in [0.2, 0.25) is 11.3 Å². The van der Waals surface area contributed by atoms with Crippen molar-refractivity contribution in [3.05, 3.63) is 124 Å². The standard InChI is InChI=1S/C18H15F4N3OS2.C10H10F3N3OS.C9H11F3N2OS.H2/c1-11(13-5-8-16(23-9-13)18(20,21)22)28(2,26)25-17-24-15(10-27-17)12-3-6-14(19)7-4-12;1-7(18(2,17)16-6-14)8-3-4-9(15-5-8)10(11,12)13;1-6(16(2,13)15)7-3-4-8(14-5-7)9(10,11)12;/h3-11H,1-2H3;3-5,7H,1-2H3;3-6,13H,1-2H3;1H. The predicted octanol–water partition coefficient (Wildman–Crippen LogP) is 11.7. The molecule has 338 valence electrons. The van der Waals surface area contributed by atoms with E-state index < -0.39 is 80.5 Å². The maximum atomic E-state index is 13.0. The molecule has 6 atom stereocenters. The summed E-state index contributed by atoms with van der Waals surface area (Å²) in [4.78, 5) is 14.2. The Bertz CT molecular complexity index is 2710. The summed E-state index contributed by atoms with van der Waals surface area (Å²) in [5, 5.41) is 8.42. The van der Waals surface area contributed by atoms with Crippen LogP contribution in [0.1, 0.15) is 71.7 Å². The molecule has 11 nitrogen and oxygen atoms in total. The zero-order chi connectivity index (χ0) is 47.1. The van der Waals surface area contributed by atoms with Gasteiger partial charge in [0.1, 0.15) is 22.9 Å². The van der Waals surface area contributed by atoms with Crippen LogP contribution in [0.25, 0.3) is 11.3 Å². The molecule has 0 bridgehead atoms. The third kappa shape index (κ3) is 14.5. The molecule has 5 aromatic rings. The first-order chi connectivity index (χ1) is 28.4. The maximum Gasteiger partial charge on any atom is 0.433 e. The van der Waals surface area contributed by atoms with Crippen molar-refractivity contribution in [2.45, 2.75) is 55.0 Å². The van der Waals surface area contributed by atoms with Crippen LogP contribution in [0.3, 0.4) is 0 Å². The van der Waals surface area contributed by atoms with Gasteiger partial charge in [0.15, 0.2) is 0 Å². The molecule has 62 heavy (non-hydrogen) atoms. The van der Waals surface area contributed by atoms with Crippen LogP contribution in [0.4, 0.5) is 49.0 Å². The number of hydrogen-bond acceptors (Lipinski definition) is 12. The van der Waals surface area contributed by atoms with Gasteiger partial charge in [-0.3, -0.25) is 19.7 Å². The summed E-state index contributed by atoms with van der Waals surface area (Å²) in [5.74, 6) is -0.362. The number of thiazole rings is 1. The van der Waals surface area contributed by atoms with Crippen LogP contribution in [-0.4, -0.2) is 51.3 Å². The van der Waals surface area contributed by atoms with Crippen molar-refractivity contribution in [3.8, 4) is 17.5 Å². The molecule has 4 aromatic heterocycles. The van der Waals surface area contributed by atoms with E-state index in [0.717, 1.165) is 36.8 Å². The first kappa shape index (κ1) is 51.3. The first-order valence-corrected chi connectivity index (χ1v) is 24.1. The van der Waals surface area contributed by atoms with Crippen LogP contribution in [0.2, 0.25) is 0 Å². The van der Waals surface area contributed by atoms with Gasteiger partial charge in [-0.15, -0.1) is 15.7 Å². The molecule has 0 amide bonds. The Balaban J connectivity index is 0.000000341. The Labute approximate surface area is 356 Å². The molecule has 0 spiro atoms. The number of nitrogens with one attached hydrogen (secondary N) is 1. The van der Waals surface area contributed by atoms with Gasteiger partial charge in [-0.05, 0) is 79.9 Å². The average molecular weight is 961 g/mol. The summed E-state index contributed by atoms with van der Waals surface area (Å²) in [7, 11) is -8.49. The average Bonchev–Trinajstić information content (AvgIpc) is 3.64. The predicted molar refractivity (Wildman–Crippen MR) is 218 cm³/mol. The maximum absolute atomic E-state index is 13.0. The Hall–Kier alpha value is -5.06. The molecule has 0 saturated carbocycles. The molecule has 6 unspecified atom stereocenters. The zero-order valence-electron chi connectivity index (χ0n) is 33.1. The summed E-state index contributed by atoms with van der Waals surface area (Å²) in [6.45, 7) is 4.66. The number of benzene rings is 1. The molecule has 0 radical (unpaired) electrons. The van der Waals surface area contributed by atoms with E-state index in [1.165, 1.54) is 80.5 Å². The van der Waals surface area contributed by atoms with E-state index in [4.69, 9.17) is 10.0 Å². The number of hydrogen-bond donors (Lipinski definition) is 1. The fourth-order valence-corrected chi connectivity index (χ4v) is 8.61. The Morgan fingerprint density at radius 3 is 1.39 bits per heavy atom. The van der Waals surface area contributed by atoms with Crippen molar-refractivity contribution in [1.82, 2.24) is 19.9 Å². The van der Waals surface area contributed by atoms with E-state index in [2.05, 4.69) is 28.7 Å². The lowest BCUT2D eigenvalue weighted by Crippen LogP contribution is -2.11. The second kappa shape index (κ2) is 20.0. The molecule has 25 heteroatoms. The number of nitrogens with zero attached hydrogens (tertiary/aromatic N) is 7. The van der Waals surface area contributed by atoms with Crippen molar-refractivity contribution >= 4 is 45.7 Å². The smallest absolute Gasteiger partial charge is 0.253 e. The highest BCUT2D eigenvalue weighted by atomic mass is 32.2. The SMILES string of the molecule is CC(c1ccc(C(F)(F)F)nc1)S(C)(=N)=O.CC(c1ccc(C(F)(F)F)nc1)S(C)(=O)=NC#N.CC(c1ccc(C(F)(F)F)nc1)S(C)(=O)=Nc1nc(-c2ccc(F)cc2)cs1.[HH]. The highest BCUT2D eigenvalue weighted by Gasteiger charge is 2.34. The quantitative estimate of drug-likeness (QED) is 0.118. The number of halogens is 10. The molecule has 1 aromatic carbocycles. The Morgan fingerprint density at radius 1 is 0.661 bits per heavy atom. The molecular formula is C37H38F10N8O3S4. The molecule has 0 fully saturated rings. The summed E-state index contributed by atoms with van der Waals surface area (Å²) in [6.07, 6.45) is -5.03. The third-order valence-corrected chi connectivity index (χ3v) is 15.4. The minimum atomic E-state index is -4.53. The van der Waals surface area contributed by atoms with Crippen LogP contribution in [0.5, 0.6) is 0 Å². The summed E-state index contributed by atoms with van der Waals surface area (Å²) in [6, 6.07) is 11.9. The second-order valence-corrected chi connectivity index (χ2v) is 21.9. The largest absolute Gasteiger partial charge is 0.433 e. The summed E-state index contributed by atoms with van der Waals surface area (Å²) in [5.41, 5.74) is -0.643. The lowest BCUT2D eigenvalue weighted by atomic mass is 10.2. The van der Waals surface area contributed by atoms with Crippen molar-refractivity contribution < 1.29 is 58.0 Å². The van der Waals surface area contributed by atoms with E-state index in [0.29, 0.717) is 27.9 Å². The van der Waals surface area contributed by atoms with Crippen LogP contribution < -0.4 is 0 Å². The van der Waals surface area contributed by atoms with Crippen molar-refractivity contribution in [2.24, 2.45) is 8.73 Å². The van der Waals surface area contributed by atoms with Crippen LogP contribution >= 0.6 is 11.3 Å². The number of nitriles is 1. The number of pyridine rings is 3. The first-order valence-electron chi connectivity index (χ1n) is 17.2. The van der Waals surface area contributed by atoms with E-state index in [9.17, 15) is 56.5 Å². The van der Waals surface area contributed by atoms with Gasteiger partial charge in [-0.2, -0.15) is 49.1 Å². The molecule has 1 N–H and O–H groups in total. The van der Waals surface area contributed by atoms with Gasteiger partial charge in [0.25, 0.3) is 0 Å². The topological polar surface area (TPSA) is 175 Å². The zero-order valence-corrected chi connectivity index (χ0v) is 36.3. The van der Waals surface area contributed by atoms with Crippen LogP contribution in [0, 0.1) is 22.1 Å². The minimum Gasteiger partial charge on any atom is -0.253 e. The van der Waals surface area contributed by atoms with Crippen LogP contribution in [0.15, 0.2) is 93.4 Å². The molecular weight excluding hydrogens is 923 g/mol. The Morgan fingerprint density at radius 2 is 1.05 bits per heavy atom. The van der Waals surface area contributed by atoms with E-state index in [-0.39, 0.29) is 12.4 Å². The normalized spacial score (nSPS) is 16.2. The van der Waals surface area contributed by atoms with Gasteiger partial charge < -0.3 is 0 Å². The van der Waals surface area contributed by atoms with Crippen molar-refractivity contribution in [1.29, 1.82) is 10.0 Å². The van der Waals surface area contributed by atoms with E-state index in [1.54, 1.807) is 24.4 Å². The Kier molecular flexibility index (Phi) is 16.5. The lowest BCUT2D eigenvalue weighted by molar-refractivity contribution is -0.142. The molecule has 0 aliphatic carbocycles. The van der Waals surface area contributed by atoms with E-state index in [1.807, 2.05) is 0 Å². The summed E-state index contributed by atoms with van der Waals surface area (Å²) < 4.78 is 176. The minimum absolute atomic E-state index is 0. The highest BCUT2D eigenvalue weighted by Crippen LogP contribution is 2.34. The van der Waals surface area contributed by atoms with Gasteiger partial charge in [-0.1, -0.05) is 18.2 Å². The molecule has 4 heterocycles. The molecule has 0 saturated heterocycles.